The van der Waals surface area contributed by atoms with Crippen molar-refractivity contribution in [2.24, 2.45) is 5.73 Å². The van der Waals surface area contributed by atoms with Crippen LogP contribution in [-0.4, -0.2) is 33.2 Å². The Kier molecular flexibility index (Phi) is 4.47. The van der Waals surface area contributed by atoms with Gasteiger partial charge in [-0.1, -0.05) is 0 Å². The van der Waals surface area contributed by atoms with Crippen molar-refractivity contribution in [2.45, 2.75) is 26.0 Å². The average molecular weight is 329 g/mol. The maximum absolute atomic E-state index is 10.9. The molecule has 9 heteroatoms. The highest BCUT2D eigenvalue weighted by molar-refractivity contribution is 6.62. The third kappa shape index (κ3) is 3.09. The lowest BCUT2D eigenvalue weighted by atomic mass is 9.77. The maximum Gasteiger partial charge on any atom is 0.492 e. The van der Waals surface area contributed by atoms with Gasteiger partial charge in [0, 0.05) is 18.9 Å². The number of carboxylic acids is 1. The maximum atomic E-state index is 10.9. The number of fused-ring (bicyclic) bond motifs is 1. The highest BCUT2D eigenvalue weighted by atomic mass is 16.5. The first-order valence-electron chi connectivity index (χ1n) is 7.37. The smallest absolute Gasteiger partial charge is 0.481 e. The van der Waals surface area contributed by atoms with E-state index in [-0.39, 0.29) is 18.8 Å². The van der Waals surface area contributed by atoms with Crippen molar-refractivity contribution < 1.29 is 24.3 Å². The van der Waals surface area contributed by atoms with Gasteiger partial charge in [-0.05, 0) is 35.6 Å². The van der Waals surface area contributed by atoms with Crippen molar-refractivity contribution in [2.75, 3.05) is 0 Å². The van der Waals surface area contributed by atoms with Gasteiger partial charge in [-0.3, -0.25) is 9.78 Å². The summed E-state index contributed by atoms with van der Waals surface area (Å²) in [5, 5.41) is 19.0. The molecular formula is C15H16BN3O5. The van der Waals surface area contributed by atoms with Crippen LogP contribution >= 0.6 is 0 Å². The number of rotatable bonds is 5. The first-order chi connectivity index (χ1) is 11.5. The standard InChI is InChI=1S/C15H16BN3O5/c1-8-4-9(23-15-11(7-17)18-2-3-19-15)5-10-14(8)12(6-13(20)21)24-16(10)22/h2-5,12,22H,6-7,17H2,1H3,(H,20,21). The monoisotopic (exact) mass is 329 g/mol. The molecular weight excluding hydrogens is 313 g/mol. The van der Waals surface area contributed by atoms with E-state index in [9.17, 15) is 9.82 Å². The van der Waals surface area contributed by atoms with Gasteiger partial charge in [0.05, 0.1) is 12.5 Å². The summed E-state index contributed by atoms with van der Waals surface area (Å²) < 4.78 is 11.1. The average Bonchev–Trinajstić information content (AvgIpc) is 2.83. The zero-order valence-electron chi connectivity index (χ0n) is 13.0. The Balaban J connectivity index is 1.94. The number of ether oxygens (including phenoxy) is 1. The molecule has 24 heavy (non-hydrogen) atoms. The second kappa shape index (κ2) is 6.56. The fourth-order valence-electron chi connectivity index (χ4n) is 2.79. The highest BCUT2D eigenvalue weighted by Gasteiger charge is 2.38. The highest BCUT2D eigenvalue weighted by Crippen LogP contribution is 2.33. The van der Waals surface area contributed by atoms with E-state index in [2.05, 4.69) is 9.97 Å². The molecule has 1 aromatic carbocycles. The van der Waals surface area contributed by atoms with E-state index in [1.165, 1.54) is 12.4 Å². The molecule has 1 aliphatic heterocycles. The summed E-state index contributed by atoms with van der Waals surface area (Å²) in [6.07, 6.45) is 2.12. The minimum absolute atomic E-state index is 0.180. The second-order valence-corrected chi connectivity index (χ2v) is 5.43. The fourth-order valence-corrected chi connectivity index (χ4v) is 2.79. The summed E-state index contributed by atoms with van der Waals surface area (Å²) in [6, 6.07) is 3.36. The number of carbonyl (C=O) groups is 1. The molecule has 8 nitrogen and oxygen atoms in total. The Morgan fingerprint density at radius 2 is 2.17 bits per heavy atom. The van der Waals surface area contributed by atoms with E-state index in [0.717, 1.165) is 5.56 Å². The number of carboxylic acid groups (broad SMARTS) is 1. The summed E-state index contributed by atoms with van der Waals surface area (Å²) in [7, 11) is -1.19. The van der Waals surface area contributed by atoms with Crippen molar-refractivity contribution in [3.8, 4) is 11.6 Å². The Morgan fingerprint density at radius 3 is 2.88 bits per heavy atom. The van der Waals surface area contributed by atoms with Crippen molar-refractivity contribution in [3.63, 3.8) is 0 Å². The minimum Gasteiger partial charge on any atom is -0.481 e. The predicted octanol–water partition coefficient (Wildman–Crippen LogP) is 0.270. The Morgan fingerprint density at radius 1 is 1.42 bits per heavy atom. The first kappa shape index (κ1) is 16.4. The number of hydrogen-bond acceptors (Lipinski definition) is 7. The third-order valence-corrected chi connectivity index (χ3v) is 3.78. The van der Waals surface area contributed by atoms with E-state index >= 15 is 0 Å². The van der Waals surface area contributed by atoms with E-state index in [1.807, 2.05) is 6.92 Å². The number of aromatic nitrogens is 2. The molecule has 0 radical (unpaired) electrons. The van der Waals surface area contributed by atoms with E-state index in [1.54, 1.807) is 12.1 Å². The van der Waals surface area contributed by atoms with Crippen LogP contribution < -0.4 is 15.9 Å². The molecule has 0 aliphatic carbocycles. The van der Waals surface area contributed by atoms with Crippen LogP contribution in [0, 0.1) is 6.92 Å². The first-order valence-corrected chi connectivity index (χ1v) is 7.37. The van der Waals surface area contributed by atoms with Crippen molar-refractivity contribution in [3.05, 3.63) is 41.3 Å². The van der Waals surface area contributed by atoms with Crippen LogP contribution in [0.5, 0.6) is 11.6 Å². The van der Waals surface area contributed by atoms with E-state index in [0.29, 0.717) is 22.5 Å². The van der Waals surface area contributed by atoms with E-state index in [4.69, 9.17) is 20.2 Å². The summed E-state index contributed by atoms with van der Waals surface area (Å²) in [5.74, 6) is -0.262. The Hall–Kier alpha value is -2.49. The lowest BCUT2D eigenvalue weighted by molar-refractivity contribution is -0.138. The van der Waals surface area contributed by atoms with Crippen molar-refractivity contribution in [1.82, 2.24) is 9.97 Å². The van der Waals surface area contributed by atoms with Gasteiger partial charge in [-0.15, -0.1) is 0 Å². The third-order valence-electron chi connectivity index (χ3n) is 3.78. The minimum atomic E-state index is -1.19. The van der Waals surface area contributed by atoms with Crippen LogP contribution in [0.15, 0.2) is 24.5 Å². The van der Waals surface area contributed by atoms with Gasteiger partial charge in [0.25, 0.3) is 0 Å². The van der Waals surface area contributed by atoms with Gasteiger partial charge in [-0.2, -0.15) is 0 Å². The quantitative estimate of drug-likeness (QED) is 0.667. The van der Waals surface area contributed by atoms with Gasteiger partial charge in [-0.25, -0.2) is 4.98 Å². The molecule has 0 spiro atoms. The van der Waals surface area contributed by atoms with Crippen LogP contribution in [0.25, 0.3) is 0 Å². The molecule has 1 aliphatic rings. The summed E-state index contributed by atoms with van der Waals surface area (Å²) in [4.78, 5) is 19.1. The molecule has 3 rings (SSSR count). The SMILES string of the molecule is Cc1cc(Oc2nccnc2CN)cc2c1C(CC(=O)O)OB2O. The molecule has 1 atom stereocenters. The molecule has 1 aromatic heterocycles. The zero-order valence-corrected chi connectivity index (χ0v) is 13.0. The summed E-state index contributed by atoms with van der Waals surface area (Å²) in [5.41, 5.74) is 8.06. The molecule has 2 aromatic rings. The summed E-state index contributed by atoms with van der Waals surface area (Å²) >= 11 is 0. The Bertz CT molecular complexity index is 786. The Labute approximate surface area is 138 Å². The number of nitrogens with two attached hydrogens (primary N) is 1. The number of aliphatic carboxylic acids is 1. The van der Waals surface area contributed by atoms with Gasteiger partial charge in [0.2, 0.25) is 5.88 Å². The molecule has 0 saturated carbocycles. The largest absolute Gasteiger partial charge is 0.492 e. The molecule has 0 bridgehead atoms. The van der Waals surface area contributed by atoms with Gasteiger partial charge in [0.15, 0.2) is 0 Å². The van der Waals surface area contributed by atoms with Crippen LogP contribution in [-0.2, 0) is 16.0 Å². The van der Waals surface area contributed by atoms with Crippen LogP contribution in [0.2, 0.25) is 0 Å². The van der Waals surface area contributed by atoms with Crippen LogP contribution in [0.1, 0.15) is 29.3 Å². The van der Waals surface area contributed by atoms with Gasteiger partial charge < -0.3 is 25.3 Å². The fraction of sp³-hybridized carbons (Fsp3) is 0.267. The van der Waals surface area contributed by atoms with E-state index < -0.39 is 19.2 Å². The molecule has 0 saturated heterocycles. The predicted molar refractivity (Wildman–Crippen MR) is 84.9 cm³/mol. The zero-order chi connectivity index (χ0) is 17.3. The molecule has 1 unspecified atom stereocenters. The molecule has 2 heterocycles. The second-order valence-electron chi connectivity index (χ2n) is 5.43. The molecule has 0 amide bonds. The van der Waals surface area contributed by atoms with Crippen molar-refractivity contribution >= 4 is 18.6 Å². The van der Waals surface area contributed by atoms with Crippen LogP contribution in [0.3, 0.4) is 0 Å². The summed E-state index contributed by atoms with van der Waals surface area (Å²) in [6.45, 7) is 1.99. The lowest BCUT2D eigenvalue weighted by Gasteiger charge is -2.14. The number of benzene rings is 1. The van der Waals surface area contributed by atoms with Crippen LogP contribution in [0.4, 0.5) is 0 Å². The number of nitrogens with zero attached hydrogens (tertiary/aromatic N) is 2. The lowest BCUT2D eigenvalue weighted by Crippen LogP contribution is -2.28. The van der Waals surface area contributed by atoms with Gasteiger partial charge >= 0.3 is 13.1 Å². The van der Waals surface area contributed by atoms with Crippen molar-refractivity contribution in [1.29, 1.82) is 0 Å². The number of aryl methyl sites for hydroxylation is 1. The topological polar surface area (TPSA) is 128 Å². The molecule has 4 N–H and O–H groups in total. The van der Waals surface area contributed by atoms with Gasteiger partial charge in [0.1, 0.15) is 11.4 Å². The molecule has 124 valence electrons. The normalized spacial score (nSPS) is 16.1. The number of hydrogen-bond donors (Lipinski definition) is 3. The molecule has 0 fully saturated rings.